The molecule has 8 heteroatoms. The maximum Gasteiger partial charge on any atom is 0.311 e. The van der Waals surface area contributed by atoms with Gasteiger partial charge in [-0.25, -0.2) is 0 Å². The largest absolute Gasteiger partial charge is 0.477 e. The smallest absolute Gasteiger partial charge is 0.311 e. The van der Waals surface area contributed by atoms with Crippen molar-refractivity contribution in [3.8, 4) is 5.75 Å². The quantitative estimate of drug-likeness (QED) is 0.418. The summed E-state index contributed by atoms with van der Waals surface area (Å²) in [5, 5.41) is 15.8. The van der Waals surface area contributed by atoms with Gasteiger partial charge in [0.25, 0.3) is 5.91 Å². The van der Waals surface area contributed by atoms with Gasteiger partial charge in [0.1, 0.15) is 0 Å². The first kappa shape index (κ1) is 18.3. The number of rotatable bonds is 9. The topological polar surface area (TPSA) is 81.5 Å². The summed E-state index contributed by atoms with van der Waals surface area (Å²) in [4.78, 5) is 23.5. The number of nitro groups is 1. The van der Waals surface area contributed by atoms with E-state index in [0.717, 1.165) is 17.1 Å². The van der Waals surface area contributed by atoms with Gasteiger partial charge < -0.3 is 10.1 Å². The van der Waals surface area contributed by atoms with Crippen molar-refractivity contribution in [2.24, 2.45) is 0 Å². The number of carbonyl (C=O) groups is 1. The van der Waals surface area contributed by atoms with Gasteiger partial charge in [-0.1, -0.05) is 12.1 Å². The van der Waals surface area contributed by atoms with Crippen molar-refractivity contribution in [1.82, 2.24) is 5.32 Å². The van der Waals surface area contributed by atoms with Crippen LogP contribution in [0.3, 0.4) is 0 Å². The molecule has 6 nitrogen and oxygen atoms in total. The van der Waals surface area contributed by atoms with Gasteiger partial charge in [0.05, 0.1) is 4.92 Å². The van der Waals surface area contributed by atoms with Crippen molar-refractivity contribution < 1.29 is 14.5 Å². The van der Waals surface area contributed by atoms with Crippen LogP contribution in [0.15, 0.2) is 35.7 Å². The highest BCUT2D eigenvalue weighted by Crippen LogP contribution is 2.27. The lowest BCUT2D eigenvalue weighted by atomic mass is 10.2. The average molecular weight is 366 g/mol. The first-order valence-corrected chi connectivity index (χ1v) is 9.34. The number of thioether (sulfide) groups is 1. The number of aryl methyl sites for hydroxylation is 1. The number of nitro benzene ring substituents is 1. The van der Waals surface area contributed by atoms with E-state index >= 15 is 0 Å². The molecule has 0 saturated heterocycles. The Morgan fingerprint density at radius 3 is 2.96 bits per heavy atom. The summed E-state index contributed by atoms with van der Waals surface area (Å²) in [5.74, 6) is 1.54. The molecule has 0 fully saturated rings. The molecular weight excluding hydrogens is 348 g/mol. The number of ether oxygens (including phenoxy) is 1. The second kappa shape index (κ2) is 9.29. The van der Waals surface area contributed by atoms with Crippen molar-refractivity contribution in [1.29, 1.82) is 0 Å². The molecule has 0 aliphatic heterocycles. The van der Waals surface area contributed by atoms with Crippen LogP contribution in [0.5, 0.6) is 5.75 Å². The minimum absolute atomic E-state index is 0.104. The summed E-state index contributed by atoms with van der Waals surface area (Å²) >= 11 is 3.46. The van der Waals surface area contributed by atoms with Crippen LogP contribution in [0.1, 0.15) is 10.4 Å². The third-order valence-electron chi connectivity index (χ3n) is 3.06. The maximum atomic E-state index is 11.7. The molecule has 0 aliphatic carbocycles. The Labute approximate surface area is 148 Å². The molecule has 0 spiro atoms. The van der Waals surface area contributed by atoms with Crippen molar-refractivity contribution in [2.45, 2.75) is 12.7 Å². The maximum absolute atomic E-state index is 11.7. The van der Waals surface area contributed by atoms with Crippen LogP contribution >= 0.6 is 23.1 Å². The fourth-order valence-electron chi connectivity index (χ4n) is 1.92. The molecule has 1 aromatic heterocycles. The van der Waals surface area contributed by atoms with Crippen LogP contribution in [-0.2, 0) is 10.5 Å². The first-order valence-electron chi connectivity index (χ1n) is 7.31. The van der Waals surface area contributed by atoms with Gasteiger partial charge in [0, 0.05) is 29.0 Å². The lowest BCUT2D eigenvalue weighted by molar-refractivity contribution is -0.385. The summed E-state index contributed by atoms with van der Waals surface area (Å²) < 4.78 is 5.27. The second-order valence-electron chi connectivity index (χ2n) is 5.00. The van der Waals surface area contributed by atoms with E-state index in [9.17, 15) is 14.9 Å². The fraction of sp³-hybridized carbons (Fsp3) is 0.312. The molecule has 0 unspecified atom stereocenters. The summed E-state index contributed by atoms with van der Waals surface area (Å²) in [6.07, 6.45) is 0. The van der Waals surface area contributed by atoms with Gasteiger partial charge in [0.15, 0.2) is 12.4 Å². The van der Waals surface area contributed by atoms with Crippen LogP contribution in [0, 0.1) is 17.0 Å². The molecule has 0 saturated carbocycles. The summed E-state index contributed by atoms with van der Waals surface area (Å²) in [7, 11) is 0. The zero-order valence-electron chi connectivity index (χ0n) is 13.2. The number of nitrogens with one attached hydrogen (secondary N) is 1. The molecule has 1 aromatic carbocycles. The Morgan fingerprint density at radius 1 is 1.42 bits per heavy atom. The molecule has 0 atom stereocenters. The zero-order valence-corrected chi connectivity index (χ0v) is 14.8. The van der Waals surface area contributed by atoms with Crippen molar-refractivity contribution in [3.05, 3.63) is 56.3 Å². The van der Waals surface area contributed by atoms with E-state index in [4.69, 9.17) is 4.74 Å². The van der Waals surface area contributed by atoms with Gasteiger partial charge >= 0.3 is 5.69 Å². The Kier molecular flexibility index (Phi) is 7.07. The lowest BCUT2D eigenvalue weighted by Crippen LogP contribution is -2.30. The van der Waals surface area contributed by atoms with Crippen LogP contribution in [-0.4, -0.2) is 29.7 Å². The van der Waals surface area contributed by atoms with Crippen molar-refractivity contribution in [3.63, 3.8) is 0 Å². The predicted molar refractivity (Wildman–Crippen MR) is 96.8 cm³/mol. The third-order valence-corrected chi connectivity index (χ3v) is 5.13. The van der Waals surface area contributed by atoms with E-state index in [0.29, 0.717) is 6.54 Å². The van der Waals surface area contributed by atoms with Crippen LogP contribution < -0.4 is 10.1 Å². The van der Waals surface area contributed by atoms with E-state index in [-0.39, 0.29) is 24.0 Å². The third kappa shape index (κ3) is 5.86. The molecule has 1 N–H and O–H groups in total. The highest BCUT2D eigenvalue weighted by atomic mass is 32.2. The zero-order chi connectivity index (χ0) is 17.4. The van der Waals surface area contributed by atoms with Crippen LogP contribution in [0.25, 0.3) is 0 Å². The van der Waals surface area contributed by atoms with Crippen molar-refractivity contribution >= 4 is 34.7 Å². The fourth-order valence-corrected chi connectivity index (χ4v) is 3.62. The molecule has 1 heterocycles. The number of thiophene rings is 1. The number of amides is 1. The average Bonchev–Trinajstić information content (AvgIpc) is 3.06. The highest BCUT2D eigenvalue weighted by Gasteiger charge is 2.16. The number of carbonyl (C=O) groups excluding carboxylic acids is 1. The monoisotopic (exact) mass is 366 g/mol. The molecule has 0 radical (unpaired) electrons. The number of hydrogen-bond donors (Lipinski definition) is 1. The minimum Gasteiger partial charge on any atom is -0.477 e. The van der Waals surface area contributed by atoms with Gasteiger partial charge in [-0.3, -0.25) is 14.9 Å². The Hall–Kier alpha value is -2.06. The lowest BCUT2D eigenvalue weighted by Gasteiger charge is -2.08. The molecule has 2 rings (SSSR count). The van der Waals surface area contributed by atoms with E-state index in [1.165, 1.54) is 17.0 Å². The standard InChI is InChI=1S/C16H18N2O4S2/c1-12-4-5-15(14(9-12)18(20)21)22-10-16(19)17-6-8-23-11-13-3-2-7-24-13/h2-5,7,9H,6,8,10-11H2,1H3,(H,17,19). The SMILES string of the molecule is Cc1ccc(OCC(=O)NCCSCc2cccs2)c([N+](=O)[O-])c1. The van der Waals surface area contributed by atoms with E-state index in [1.807, 2.05) is 11.4 Å². The summed E-state index contributed by atoms with van der Waals surface area (Å²) in [5.41, 5.74) is 0.635. The molecule has 24 heavy (non-hydrogen) atoms. The van der Waals surface area contributed by atoms with Gasteiger partial charge in [-0.15, -0.1) is 11.3 Å². The number of benzene rings is 1. The van der Waals surface area contributed by atoms with Gasteiger partial charge in [-0.2, -0.15) is 11.8 Å². The summed E-state index contributed by atoms with van der Waals surface area (Å²) in [6.45, 7) is 2.06. The normalized spacial score (nSPS) is 10.4. The van der Waals surface area contributed by atoms with Gasteiger partial charge in [0.2, 0.25) is 0 Å². The van der Waals surface area contributed by atoms with Crippen molar-refractivity contribution in [2.75, 3.05) is 18.9 Å². The first-order chi connectivity index (χ1) is 11.6. The molecule has 1 amide bonds. The number of hydrogen-bond acceptors (Lipinski definition) is 6. The Bertz CT molecular complexity index is 689. The molecule has 0 bridgehead atoms. The highest BCUT2D eigenvalue weighted by molar-refractivity contribution is 7.98. The molecule has 2 aromatic rings. The van der Waals surface area contributed by atoms with E-state index in [2.05, 4.69) is 11.4 Å². The van der Waals surface area contributed by atoms with E-state index in [1.54, 1.807) is 36.1 Å². The Balaban J connectivity index is 1.68. The molecular formula is C16H18N2O4S2. The Morgan fingerprint density at radius 2 is 2.25 bits per heavy atom. The van der Waals surface area contributed by atoms with Crippen LogP contribution in [0.2, 0.25) is 0 Å². The summed E-state index contributed by atoms with van der Waals surface area (Å²) in [6, 6.07) is 8.75. The minimum atomic E-state index is -0.512. The molecule has 128 valence electrons. The predicted octanol–water partition coefficient (Wildman–Crippen LogP) is 3.39. The van der Waals surface area contributed by atoms with Crippen LogP contribution in [0.4, 0.5) is 5.69 Å². The molecule has 0 aliphatic rings. The van der Waals surface area contributed by atoms with Gasteiger partial charge in [-0.05, 0) is 30.0 Å². The van der Waals surface area contributed by atoms with E-state index < -0.39 is 4.92 Å². The number of nitrogens with zero attached hydrogens (tertiary/aromatic N) is 1. The second-order valence-corrected chi connectivity index (χ2v) is 7.14.